The summed E-state index contributed by atoms with van der Waals surface area (Å²) >= 11 is 0. The summed E-state index contributed by atoms with van der Waals surface area (Å²) in [5, 5.41) is 3.47. The average molecular weight is 272 g/mol. The highest BCUT2D eigenvalue weighted by molar-refractivity contribution is 5.84. The summed E-state index contributed by atoms with van der Waals surface area (Å²) in [6, 6.07) is 11.6. The molecule has 1 aliphatic carbocycles. The normalized spacial score (nSPS) is 24.1. The maximum Gasteiger partial charge on any atom is 0.240 e. The molecule has 0 bridgehead atoms. The van der Waals surface area contributed by atoms with Crippen molar-refractivity contribution in [1.29, 1.82) is 0 Å². The van der Waals surface area contributed by atoms with Gasteiger partial charge in [0.1, 0.15) is 0 Å². The first-order chi connectivity index (χ1) is 9.74. The van der Waals surface area contributed by atoms with E-state index in [0.717, 1.165) is 25.8 Å². The van der Waals surface area contributed by atoms with Crippen LogP contribution in [-0.4, -0.2) is 35.5 Å². The number of rotatable bonds is 6. The third-order valence-corrected chi connectivity index (χ3v) is 4.48. The molecule has 2 aliphatic rings. The maximum absolute atomic E-state index is 12.4. The Morgan fingerprint density at radius 3 is 2.70 bits per heavy atom. The summed E-state index contributed by atoms with van der Waals surface area (Å²) in [5.41, 5.74) is 1.36. The van der Waals surface area contributed by atoms with Crippen molar-refractivity contribution < 1.29 is 4.79 Å². The summed E-state index contributed by atoms with van der Waals surface area (Å²) in [6.07, 6.45) is 5.56. The summed E-state index contributed by atoms with van der Waals surface area (Å²) in [7, 11) is 0. The molecule has 108 valence electrons. The molecular formula is C17H24N2O. The lowest BCUT2D eigenvalue weighted by Crippen LogP contribution is -2.42. The summed E-state index contributed by atoms with van der Waals surface area (Å²) in [6.45, 7) is 3.10. The lowest BCUT2D eigenvalue weighted by Gasteiger charge is -2.25. The molecule has 3 nitrogen and oxygen atoms in total. The number of likely N-dealkylation sites (tertiary alicyclic amines) is 1. The zero-order valence-corrected chi connectivity index (χ0v) is 12.2. The number of hydrogen-bond donors (Lipinski definition) is 1. The Hall–Kier alpha value is -1.35. The second-order valence-corrected chi connectivity index (χ2v) is 6.19. The highest BCUT2D eigenvalue weighted by Crippen LogP contribution is 2.24. The zero-order valence-electron chi connectivity index (χ0n) is 12.2. The fraction of sp³-hybridized carbons (Fsp3) is 0.588. The number of nitrogens with zero attached hydrogens (tertiary/aromatic N) is 1. The smallest absolute Gasteiger partial charge is 0.240 e. The molecule has 1 aliphatic heterocycles. The van der Waals surface area contributed by atoms with Gasteiger partial charge in [-0.1, -0.05) is 30.3 Å². The molecule has 1 saturated heterocycles. The number of carbonyl (C=O) groups is 1. The van der Waals surface area contributed by atoms with Gasteiger partial charge in [0.15, 0.2) is 0 Å². The SMILES string of the molecule is CC(CCc1ccccc1)N1CCC(NC2CC2)C1=O. The summed E-state index contributed by atoms with van der Waals surface area (Å²) in [5.74, 6) is 0.317. The minimum Gasteiger partial charge on any atom is -0.339 e. The average Bonchev–Trinajstić information content (AvgIpc) is 3.22. The van der Waals surface area contributed by atoms with Crippen LogP contribution in [0.1, 0.15) is 38.2 Å². The molecule has 0 radical (unpaired) electrons. The molecule has 1 heterocycles. The van der Waals surface area contributed by atoms with Gasteiger partial charge in [0.25, 0.3) is 0 Å². The predicted molar refractivity (Wildman–Crippen MR) is 80.5 cm³/mol. The van der Waals surface area contributed by atoms with Gasteiger partial charge in [-0.05, 0) is 44.6 Å². The van der Waals surface area contributed by atoms with Gasteiger partial charge in [-0.25, -0.2) is 0 Å². The molecule has 2 unspecified atom stereocenters. The summed E-state index contributed by atoms with van der Waals surface area (Å²) < 4.78 is 0. The lowest BCUT2D eigenvalue weighted by molar-refractivity contribution is -0.131. The van der Waals surface area contributed by atoms with Crippen LogP contribution in [0.2, 0.25) is 0 Å². The molecule has 20 heavy (non-hydrogen) atoms. The number of nitrogens with one attached hydrogen (secondary N) is 1. The first-order valence-electron chi connectivity index (χ1n) is 7.84. The molecule has 1 saturated carbocycles. The molecule has 3 heteroatoms. The standard InChI is InChI=1S/C17H24N2O/c1-13(7-8-14-5-3-2-4-6-14)19-12-11-16(17(19)20)18-15-9-10-15/h2-6,13,15-16,18H,7-12H2,1H3. The molecule has 2 fully saturated rings. The third-order valence-electron chi connectivity index (χ3n) is 4.48. The van der Waals surface area contributed by atoms with Crippen molar-refractivity contribution in [3.05, 3.63) is 35.9 Å². The van der Waals surface area contributed by atoms with Crippen LogP contribution in [-0.2, 0) is 11.2 Å². The second-order valence-electron chi connectivity index (χ2n) is 6.19. The minimum atomic E-state index is 0.0849. The third kappa shape index (κ3) is 3.21. The first kappa shape index (κ1) is 13.6. The Morgan fingerprint density at radius 1 is 1.25 bits per heavy atom. The van der Waals surface area contributed by atoms with Gasteiger partial charge in [-0.15, -0.1) is 0 Å². The van der Waals surface area contributed by atoms with E-state index in [-0.39, 0.29) is 6.04 Å². The van der Waals surface area contributed by atoms with Crippen LogP contribution in [0.15, 0.2) is 30.3 Å². The largest absolute Gasteiger partial charge is 0.339 e. The van der Waals surface area contributed by atoms with Crippen LogP contribution in [0, 0.1) is 0 Å². The van der Waals surface area contributed by atoms with Crippen molar-refractivity contribution in [1.82, 2.24) is 10.2 Å². The topological polar surface area (TPSA) is 32.3 Å². The van der Waals surface area contributed by atoms with E-state index in [1.54, 1.807) is 0 Å². The number of carbonyl (C=O) groups excluding carboxylic acids is 1. The fourth-order valence-electron chi connectivity index (χ4n) is 3.00. The predicted octanol–water partition coefficient (Wildman–Crippen LogP) is 2.36. The number of aryl methyl sites for hydroxylation is 1. The van der Waals surface area contributed by atoms with Gasteiger partial charge in [-0.3, -0.25) is 4.79 Å². The molecular weight excluding hydrogens is 248 g/mol. The van der Waals surface area contributed by atoms with Crippen LogP contribution in [0.4, 0.5) is 0 Å². The van der Waals surface area contributed by atoms with E-state index >= 15 is 0 Å². The van der Waals surface area contributed by atoms with Gasteiger partial charge in [0, 0.05) is 18.6 Å². The number of benzene rings is 1. The first-order valence-corrected chi connectivity index (χ1v) is 7.84. The van der Waals surface area contributed by atoms with Gasteiger partial charge >= 0.3 is 0 Å². The maximum atomic E-state index is 12.4. The Labute approximate surface area is 121 Å². The number of amides is 1. The zero-order chi connectivity index (χ0) is 13.9. The van der Waals surface area contributed by atoms with E-state index in [4.69, 9.17) is 0 Å². The number of hydrogen-bond acceptors (Lipinski definition) is 2. The molecule has 2 atom stereocenters. The Bertz CT molecular complexity index is 455. The molecule has 0 spiro atoms. The van der Waals surface area contributed by atoms with Crippen LogP contribution in [0.25, 0.3) is 0 Å². The Morgan fingerprint density at radius 2 is 2.00 bits per heavy atom. The van der Waals surface area contributed by atoms with Crippen molar-refractivity contribution in [2.75, 3.05) is 6.54 Å². The van der Waals surface area contributed by atoms with Gasteiger partial charge < -0.3 is 10.2 Å². The van der Waals surface area contributed by atoms with Crippen LogP contribution < -0.4 is 5.32 Å². The van der Waals surface area contributed by atoms with Crippen LogP contribution in [0.5, 0.6) is 0 Å². The lowest BCUT2D eigenvalue weighted by atomic mass is 10.1. The van der Waals surface area contributed by atoms with Crippen molar-refractivity contribution in [2.24, 2.45) is 0 Å². The fourth-order valence-corrected chi connectivity index (χ4v) is 3.00. The molecule has 1 aromatic rings. The Kier molecular flexibility index (Phi) is 4.06. The highest BCUT2D eigenvalue weighted by Gasteiger charge is 2.37. The molecule has 3 rings (SSSR count). The molecule has 1 amide bonds. The van der Waals surface area contributed by atoms with E-state index in [2.05, 4.69) is 41.4 Å². The van der Waals surface area contributed by atoms with E-state index < -0.39 is 0 Å². The van der Waals surface area contributed by atoms with Crippen molar-refractivity contribution in [3.63, 3.8) is 0 Å². The van der Waals surface area contributed by atoms with Crippen LogP contribution >= 0.6 is 0 Å². The van der Waals surface area contributed by atoms with Crippen molar-refractivity contribution >= 4 is 5.91 Å². The second kappa shape index (κ2) is 5.96. The summed E-state index contributed by atoms with van der Waals surface area (Å²) in [4.78, 5) is 14.5. The highest BCUT2D eigenvalue weighted by atomic mass is 16.2. The van der Waals surface area contributed by atoms with Gasteiger partial charge in [0.2, 0.25) is 5.91 Å². The van der Waals surface area contributed by atoms with Crippen molar-refractivity contribution in [2.45, 2.75) is 57.2 Å². The van der Waals surface area contributed by atoms with E-state index in [9.17, 15) is 4.79 Å². The van der Waals surface area contributed by atoms with E-state index in [1.807, 2.05) is 6.07 Å². The minimum absolute atomic E-state index is 0.0849. The monoisotopic (exact) mass is 272 g/mol. The molecule has 0 aromatic heterocycles. The van der Waals surface area contributed by atoms with E-state index in [0.29, 0.717) is 18.0 Å². The molecule has 1 aromatic carbocycles. The van der Waals surface area contributed by atoms with Crippen LogP contribution in [0.3, 0.4) is 0 Å². The van der Waals surface area contributed by atoms with Gasteiger partial charge in [-0.2, -0.15) is 0 Å². The molecule has 1 N–H and O–H groups in total. The van der Waals surface area contributed by atoms with Gasteiger partial charge in [0.05, 0.1) is 6.04 Å². The van der Waals surface area contributed by atoms with E-state index in [1.165, 1.54) is 18.4 Å². The van der Waals surface area contributed by atoms with Crippen molar-refractivity contribution in [3.8, 4) is 0 Å². The quantitative estimate of drug-likeness (QED) is 0.862. The Balaban J connectivity index is 1.49.